The molecule has 1 fully saturated rings. The van der Waals surface area contributed by atoms with Gasteiger partial charge >= 0.3 is 17.9 Å². The van der Waals surface area contributed by atoms with E-state index >= 15 is 0 Å². The molecule has 2 aromatic heterocycles. The number of ether oxygens (including phenoxy) is 5. The number of nitrogens with one attached hydrogen (secondary N) is 3. The summed E-state index contributed by atoms with van der Waals surface area (Å²) in [5, 5.41) is 2.81. The molecule has 4 rings (SSSR count). The van der Waals surface area contributed by atoms with Crippen LogP contribution in [0, 0.1) is 0 Å². The van der Waals surface area contributed by atoms with E-state index in [1.54, 1.807) is 12.1 Å². The van der Waals surface area contributed by atoms with Crippen LogP contribution in [-0.4, -0.2) is 78.1 Å². The van der Waals surface area contributed by atoms with Gasteiger partial charge in [0.05, 0.1) is 5.92 Å². The molecule has 218 valence electrons. The predicted molar refractivity (Wildman–Crippen MR) is 144 cm³/mol. The largest absolute Gasteiger partial charge is 0.463 e. The van der Waals surface area contributed by atoms with E-state index in [1.165, 1.54) is 27.9 Å². The van der Waals surface area contributed by atoms with Crippen molar-refractivity contribution in [1.82, 2.24) is 15.3 Å². The molecule has 0 saturated carbocycles. The summed E-state index contributed by atoms with van der Waals surface area (Å²) in [6.07, 6.45) is -0.848. The highest BCUT2D eigenvalue weighted by atomic mass is 16.7. The maximum atomic E-state index is 13.4. The monoisotopic (exact) mass is 567 g/mol. The number of carbonyl (C=O) groups excluding carboxylic acids is 4. The zero-order valence-corrected chi connectivity index (χ0v) is 23.1. The molecule has 0 spiro atoms. The quantitative estimate of drug-likeness (QED) is 0.247. The van der Waals surface area contributed by atoms with Crippen molar-refractivity contribution in [2.75, 3.05) is 13.7 Å². The number of aromatic nitrogens is 2. The first kappa shape index (κ1) is 29.6. The van der Waals surface area contributed by atoms with Gasteiger partial charge in [-0.15, -0.1) is 0 Å². The minimum absolute atomic E-state index is 0.103. The van der Waals surface area contributed by atoms with E-state index in [0.717, 1.165) is 17.0 Å². The number of H-pyrrole nitrogens is 2. The topological polar surface area (TPSA) is 158 Å². The van der Waals surface area contributed by atoms with Gasteiger partial charge in [0.1, 0.15) is 18.8 Å². The Bertz CT molecular complexity index is 1290. The van der Waals surface area contributed by atoms with Gasteiger partial charge in [0.2, 0.25) is 0 Å². The molecular formula is C29H33N3O9. The van der Waals surface area contributed by atoms with Crippen LogP contribution in [0.1, 0.15) is 54.0 Å². The van der Waals surface area contributed by atoms with Gasteiger partial charge in [-0.3, -0.25) is 19.2 Å². The fourth-order valence-electron chi connectivity index (χ4n) is 4.89. The zero-order chi connectivity index (χ0) is 29.5. The minimum atomic E-state index is -1.20. The molecule has 0 aliphatic carbocycles. The van der Waals surface area contributed by atoms with Gasteiger partial charge in [-0.1, -0.05) is 12.1 Å². The molecule has 1 aliphatic heterocycles. The lowest BCUT2D eigenvalue weighted by molar-refractivity contribution is -0.270. The van der Waals surface area contributed by atoms with E-state index in [2.05, 4.69) is 15.3 Å². The van der Waals surface area contributed by atoms with Crippen molar-refractivity contribution in [1.29, 1.82) is 0 Å². The van der Waals surface area contributed by atoms with Crippen LogP contribution in [0.3, 0.4) is 0 Å². The average molecular weight is 568 g/mol. The number of methoxy groups -OCH3 is 1. The van der Waals surface area contributed by atoms with Gasteiger partial charge in [-0.25, -0.2) is 0 Å². The van der Waals surface area contributed by atoms with E-state index in [9.17, 15) is 19.2 Å². The highest BCUT2D eigenvalue weighted by Gasteiger charge is 2.51. The molecule has 3 heterocycles. The van der Waals surface area contributed by atoms with Crippen molar-refractivity contribution < 1.29 is 42.9 Å². The molecule has 12 nitrogen and oxygen atoms in total. The first-order chi connectivity index (χ1) is 19.7. The molecule has 0 unspecified atom stereocenters. The Balaban J connectivity index is 1.59. The Hall–Kier alpha value is -4.42. The SMILES string of the molecule is CO[C@@H]1O[C@H](COC(C)=O)[C@@H](OC(C)=O)[C@H](OC(C)=O)[C@H]1NC(=O)c1ccc(C(c2ccc[nH]2)c2ccc[nH]2)cc1. The molecule has 1 saturated heterocycles. The Kier molecular flexibility index (Phi) is 9.58. The number of hydrogen-bond donors (Lipinski definition) is 3. The molecule has 1 aromatic carbocycles. The number of hydrogen-bond acceptors (Lipinski definition) is 9. The van der Waals surface area contributed by atoms with Gasteiger partial charge in [0.25, 0.3) is 5.91 Å². The minimum Gasteiger partial charge on any atom is -0.463 e. The van der Waals surface area contributed by atoms with E-state index in [-0.39, 0.29) is 12.5 Å². The molecule has 3 aromatic rings. The van der Waals surface area contributed by atoms with Crippen molar-refractivity contribution >= 4 is 23.8 Å². The van der Waals surface area contributed by atoms with Crippen LogP contribution < -0.4 is 5.32 Å². The van der Waals surface area contributed by atoms with Crippen LogP contribution in [0.5, 0.6) is 0 Å². The highest BCUT2D eigenvalue weighted by molar-refractivity contribution is 5.94. The summed E-state index contributed by atoms with van der Waals surface area (Å²) in [6, 6.07) is 13.8. The number of aromatic amines is 2. The van der Waals surface area contributed by atoms with Gasteiger partial charge in [0.15, 0.2) is 18.5 Å². The van der Waals surface area contributed by atoms with Crippen molar-refractivity contribution in [3.8, 4) is 0 Å². The number of esters is 3. The molecule has 0 radical (unpaired) electrons. The fourth-order valence-corrected chi connectivity index (χ4v) is 4.89. The van der Waals surface area contributed by atoms with Crippen LogP contribution in [0.2, 0.25) is 0 Å². The third-order valence-corrected chi connectivity index (χ3v) is 6.60. The maximum Gasteiger partial charge on any atom is 0.303 e. The molecule has 1 aliphatic rings. The second-order valence-corrected chi connectivity index (χ2v) is 9.53. The summed E-state index contributed by atoms with van der Waals surface area (Å²) < 4.78 is 27.4. The average Bonchev–Trinajstić information content (AvgIpc) is 3.65. The number of benzene rings is 1. The summed E-state index contributed by atoms with van der Waals surface area (Å²) in [4.78, 5) is 55.3. The summed E-state index contributed by atoms with van der Waals surface area (Å²) >= 11 is 0. The predicted octanol–water partition coefficient (Wildman–Crippen LogP) is 2.42. The normalized spacial score (nSPS) is 22.1. The molecule has 5 atom stereocenters. The van der Waals surface area contributed by atoms with Gasteiger partial charge in [0, 0.05) is 57.2 Å². The summed E-state index contributed by atoms with van der Waals surface area (Å²) in [7, 11) is 1.35. The van der Waals surface area contributed by atoms with E-state index < -0.39 is 54.5 Å². The summed E-state index contributed by atoms with van der Waals surface area (Å²) in [6.45, 7) is 3.29. The Morgan fingerprint density at radius 3 is 1.93 bits per heavy atom. The lowest BCUT2D eigenvalue weighted by atomic mass is 9.91. The lowest BCUT2D eigenvalue weighted by Gasteiger charge is -2.44. The Morgan fingerprint density at radius 2 is 1.44 bits per heavy atom. The summed E-state index contributed by atoms with van der Waals surface area (Å²) in [5.74, 6) is -2.55. The Morgan fingerprint density at radius 1 is 0.854 bits per heavy atom. The van der Waals surface area contributed by atoms with Crippen molar-refractivity contribution in [3.05, 3.63) is 83.4 Å². The van der Waals surface area contributed by atoms with E-state index in [4.69, 9.17) is 23.7 Å². The first-order valence-corrected chi connectivity index (χ1v) is 13.0. The van der Waals surface area contributed by atoms with Gasteiger partial charge < -0.3 is 39.0 Å². The third kappa shape index (κ3) is 7.21. The number of rotatable bonds is 10. The lowest BCUT2D eigenvalue weighted by Crippen LogP contribution is -2.66. The maximum absolute atomic E-state index is 13.4. The fraction of sp³-hybridized carbons (Fsp3) is 0.379. The molecule has 3 N–H and O–H groups in total. The molecule has 41 heavy (non-hydrogen) atoms. The second-order valence-electron chi connectivity index (χ2n) is 9.53. The molecule has 0 bridgehead atoms. The summed E-state index contributed by atoms with van der Waals surface area (Å²) in [5.41, 5.74) is 3.24. The second kappa shape index (κ2) is 13.3. The molecule has 12 heteroatoms. The number of carbonyl (C=O) groups is 4. The number of amides is 1. The van der Waals surface area contributed by atoms with Crippen LogP contribution in [0.4, 0.5) is 0 Å². The van der Waals surface area contributed by atoms with Gasteiger partial charge in [-0.2, -0.15) is 0 Å². The standard InChI is InChI=1S/C29H33N3O9/c1-16(33)38-15-23-26(39-17(2)34)27(40-18(3)35)25(29(37-4)41-23)32-28(36)20-11-9-19(10-12-20)24(21-7-5-13-30-21)22-8-6-14-31-22/h5-14,23-27,29-31H,15H2,1-4H3,(H,32,36)/t23-,25-,26-,27-,29-/m1/s1. The Labute approximate surface area is 236 Å². The van der Waals surface area contributed by atoms with E-state index in [1.807, 2.05) is 48.8 Å². The van der Waals surface area contributed by atoms with Crippen molar-refractivity contribution in [2.24, 2.45) is 0 Å². The van der Waals surface area contributed by atoms with Crippen LogP contribution in [0.25, 0.3) is 0 Å². The van der Waals surface area contributed by atoms with Crippen LogP contribution in [0.15, 0.2) is 60.9 Å². The highest BCUT2D eigenvalue weighted by Crippen LogP contribution is 2.31. The van der Waals surface area contributed by atoms with Crippen molar-refractivity contribution in [3.63, 3.8) is 0 Å². The van der Waals surface area contributed by atoms with E-state index in [0.29, 0.717) is 5.56 Å². The zero-order valence-electron chi connectivity index (χ0n) is 23.1. The van der Waals surface area contributed by atoms with Crippen LogP contribution >= 0.6 is 0 Å². The third-order valence-electron chi connectivity index (χ3n) is 6.60. The molecule has 1 amide bonds. The first-order valence-electron chi connectivity index (χ1n) is 13.0. The smallest absolute Gasteiger partial charge is 0.303 e. The molecular weight excluding hydrogens is 534 g/mol. The van der Waals surface area contributed by atoms with Gasteiger partial charge in [-0.05, 0) is 42.0 Å². The van der Waals surface area contributed by atoms with Crippen molar-refractivity contribution in [2.45, 2.75) is 57.3 Å². The van der Waals surface area contributed by atoms with Crippen LogP contribution in [-0.2, 0) is 38.1 Å².